The van der Waals surface area contributed by atoms with Crippen molar-refractivity contribution in [3.63, 3.8) is 0 Å². The summed E-state index contributed by atoms with van der Waals surface area (Å²) in [6, 6.07) is 8.59. The molecule has 1 atom stereocenters. The van der Waals surface area contributed by atoms with Crippen LogP contribution in [0.2, 0.25) is 0 Å². The second kappa shape index (κ2) is 6.36. The Morgan fingerprint density at radius 2 is 1.84 bits per heavy atom. The van der Waals surface area contributed by atoms with Crippen molar-refractivity contribution >= 4 is 11.9 Å². The molecule has 4 heteroatoms. The van der Waals surface area contributed by atoms with Gasteiger partial charge in [0.15, 0.2) is 0 Å². The Morgan fingerprint density at radius 1 is 1.11 bits per heavy atom. The van der Waals surface area contributed by atoms with Crippen molar-refractivity contribution in [2.75, 3.05) is 6.54 Å². The largest absolute Gasteiger partial charge is 0.325 e. The molecule has 0 bridgehead atoms. The van der Waals surface area contributed by atoms with Gasteiger partial charge in [0.25, 0.3) is 5.91 Å². The van der Waals surface area contributed by atoms with E-state index in [0.717, 1.165) is 31.2 Å². The molecule has 0 aromatic heterocycles. The first kappa shape index (κ1) is 13.6. The van der Waals surface area contributed by atoms with E-state index in [-0.39, 0.29) is 11.9 Å². The number of carbonyl (C=O) groups excluding carboxylic acids is 2. The first-order valence-corrected chi connectivity index (χ1v) is 6.91. The lowest BCUT2D eigenvalue weighted by atomic mass is 10.1. The normalized spacial score (nSPS) is 18.8. The van der Waals surface area contributed by atoms with E-state index in [4.69, 9.17) is 0 Å². The maximum Gasteiger partial charge on any atom is 0.325 e. The minimum Gasteiger partial charge on any atom is -0.322 e. The number of urea groups is 1. The number of hydrogen-bond acceptors (Lipinski definition) is 2. The quantitative estimate of drug-likeness (QED) is 0.631. The zero-order valence-corrected chi connectivity index (χ0v) is 11.3. The summed E-state index contributed by atoms with van der Waals surface area (Å²) in [5, 5.41) is 2.75. The number of benzene rings is 1. The van der Waals surface area contributed by atoms with Gasteiger partial charge >= 0.3 is 6.03 Å². The highest BCUT2D eigenvalue weighted by molar-refractivity contribution is 6.04. The summed E-state index contributed by atoms with van der Waals surface area (Å²) in [6.45, 7) is 2.66. The van der Waals surface area contributed by atoms with Crippen molar-refractivity contribution in [3.05, 3.63) is 35.9 Å². The van der Waals surface area contributed by atoms with E-state index in [2.05, 4.69) is 12.2 Å². The topological polar surface area (TPSA) is 49.4 Å². The van der Waals surface area contributed by atoms with Crippen molar-refractivity contribution in [1.29, 1.82) is 0 Å². The van der Waals surface area contributed by atoms with Crippen LogP contribution in [0.3, 0.4) is 0 Å². The van der Waals surface area contributed by atoms with Crippen LogP contribution >= 0.6 is 0 Å². The van der Waals surface area contributed by atoms with E-state index in [0.29, 0.717) is 6.54 Å². The Bertz CT molecular complexity index is 445. The Labute approximate surface area is 113 Å². The molecule has 0 aliphatic carbocycles. The van der Waals surface area contributed by atoms with E-state index in [1.54, 1.807) is 0 Å². The number of rotatable bonds is 6. The lowest BCUT2D eigenvalue weighted by Gasteiger charge is -2.12. The van der Waals surface area contributed by atoms with Gasteiger partial charge in [0.2, 0.25) is 0 Å². The summed E-state index contributed by atoms with van der Waals surface area (Å²) in [4.78, 5) is 25.4. The van der Waals surface area contributed by atoms with Gasteiger partial charge in [0.1, 0.15) is 6.04 Å². The molecule has 1 N–H and O–H groups in total. The maximum atomic E-state index is 12.2. The predicted molar refractivity (Wildman–Crippen MR) is 73.6 cm³/mol. The van der Waals surface area contributed by atoms with Gasteiger partial charge < -0.3 is 5.32 Å². The lowest BCUT2D eigenvalue weighted by molar-refractivity contribution is -0.127. The Kier molecular flexibility index (Phi) is 4.55. The van der Waals surface area contributed by atoms with E-state index in [1.807, 2.05) is 30.3 Å². The number of nitrogens with one attached hydrogen (secondary N) is 1. The first-order valence-electron chi connectivity index (χ1n) is 6.91. The van der Waals surface area contributed by atoms with E-state index >= 15 is 0 Å². The monoisotopic (exact) mass is 260 g/mol. The van der Waals surface area contributed by atoms with Crippen molar-refractivity contribution in [2.45, 2.75) is 38.6 Å². The fourth-order valence-corrected chi connectivity index (χ4v) is 2.30. The SMILES string of the molecule is CCCCCCN1C(=O)N[C@H](c2ccccc2)C1=O. The van der Waals surface area contributed by atoms with Gasteiger partial charge in [0.05, 0.1) is 0 Å². The maximum absolute atomic E-state index is 12.2. The highest BCUT2D eigenvalue weighted by Crippen LogP contribution is 2.21. The van der Waals surface area contributed by atoms with Gasteiger partial charge in [-0.05, 0) is 12.0 Å². The molecule has 4 nitrogen and oxygen atoms in total. The van der Waals surface area contributed by atoms with Crippen LogP contribution < -0.4 is 5.32 Å². The molecule has 1 heterocycles. The molecule has 0 unspecified atom stereocenters. The van der Waals surface area contributed by atoms with Gasteiger partial charge in [0, 0.05) is 6.54 Å². The predicted octanol–water partition coefficient (Wildman–Crippen LogP) is 2.86. The van der Waals surface area contributed by atoms with E-state index < -0.39 is 6.04 Å². The molecule has 1 fully saturated rings. The zero-order chi connectivity index (χ0) is 13.7. The third kappa shape index (κ3) is 3.13. The third-order valence-corrected chi connectivity index (χ3v) is 3.39. The molecule has 3 amide bonds. The summed E-state index contributed by atoms with van der Waals surface area (Å²) in [6.07, 6.45) is 4.23. The zero-order valence-electron chi connectivity index (χ0n) is 11.3. The molecule has 1 aliphatic rings. The molecular formula is C15H20N2O2. The van der Waals surface area contributed by atoms with Gasteiger partial charge in [-0.1, -0.05) is 56.5 Å². The van der Waals surface area contributed by atoms with Crippen molar-refractivity contribution < 1.29 is 9.59 Å². The molecule has 1 aromatic carbocycles. The van der Waals surface area contributed by atoms with Gasteiger partial charge in [-0.2, -0.15) is 0 Å². The minimum absolute atomic E-state index is 0.132. The number of unbranched alkanes of at least 4 members (excludes halogenated alkanes) is 3. The summed E-state index contributed by atoms with van der Waals surface area (Å²) in [7, 11) is 0. The average molecular weight is 260 g/mol. The summed E-state index contributed by atoms with van der Waals surface area (Å²) < 4.78 is 0. The summed E-state index contributed by atoms with van der Waals surface area (Å²) in [5.41, 5.74) is 0.844. The van der Waals surface area contributed by atoms with Crippen LogP contribution in [-0.4, -0.2) is 23.4 Å². The smallest absolute Gasteiger partial charge is 0.322 e. The number of amides is 3. The molecule has 1 aliphatic heterocycles. The average Bonchev–Trinajstić information content (AvgIpc) is 2.72. The van der Waals surface area contributed by atoms with Crippen LogP contribution in [0.4, 0.5) is 4.79 Å². The molecule has 0 saturated carbocycles. The molecule has 0 radical (unpaired) electrons. The van der Waals surface area contributed by atoms with Crippen molar-refractivity contribution in [2.24, 2.45) is 0 Å². The second-order valence-electron chi connectivity index (χ2n) is 4.84. The standard InChI is InChI=1S/C15H20N2O2/c1-2-3-4-8-11-17-14(18)13(16-15(17)19)12-9-6-5-7-10-12/h5-7,9-10,13H,2-4,8,11H2,1H3,(H,16,19)/t13-/m1/s1. The minimum atomic E-state index is -0.514. The second-order valence-corrected chi connectivity index (χ2v) is 4.84. The van der Waals surface area contributed by atoms with Crippen LogP contribution in [0.15, 0.2) is 30.3 Å². The molecule has 1 aromatic rings. The molecule has 102 valence electrons. The van der Waals surface area contributed by atoms with Crippen LogP contribution in [0.25, 0.3) is 0 Å². The lowest BCUT2D eigenvalue weighted by Crippen LogP contribution is -2.31. The Morgan fingerprint density at radius 3 is 2.53 bits per heavy atom. The Hall–Kier alpha value is -1.84. The molecule has 1 saturated heterocycles. The van der Waals surface area contributed by atoms with E-state index in [9.17, 15) is 9.59 Å². The third-order valence-electron chi connectivity index (χ3n) is 3.39. The van der Waals surface area contributed by atoms with Gasteiger partial charge in [-0.3, -0.25) is 9.69 Å². The van der Waals surface area contributed by atoms with Crippen LogP contribution in [0, 0.1) is 0 Å². The highest BCUT2D eigenvalue weighted by atomic mass is 16.2. The summed E-state index contributed by atoms with van der Waals surface area (Å²) in [5.74, 6) is -0.132. The molecule has 2 rings (SSSR count). The van der Waals surface area contributed by atoms with Crippen molar-refractivity contribution in [1.82, 2.24) is 10.2 Å². The van der Waals surface area contributed by atoms with Crippen LogP contribution in [0.1, 0.15) is 44.2 Å². The summed E-state index contributed by atoms with van der Waals surface area (Å²) >= 11 is 0. The van der Waals surface area contributed by atoms with Gasteiger partial charge in [-0.15, -0.1) is 0 Å². The van der Waals surface area contributed by atoms with Crippen LogP contribution in [0.5, 0.6) is 0 Å². The molecule has 19 heavy (non-hydrogen) atoms. The van der Waals surface area contributed by atoms with Crippen LogP contribution in [-0.2, 0) is 4.79 Å². The Balaban J connectivity index is 1.97. The molecule has 0 spiro atoms. The first-order chi connectivity index (χ1) is 9.24. The number of imide groups is 1. The number of hydrogen-bond donors (Lipinski definition) is 1. The van der Waals surface area contributed by atoms with Gasteiger partial charge in [-0.25, -0.2) is 4.79 Å². The fraction of sp³-hybridized carbons (Fsp3) is 0.467. The van der Waals surface area contributed by atoms with E-state index in [1.165, 1.54) is 4.90 Å². The molecular weight excluding hydrogens is 240 g/mol. The van der Waals surface area contributed by atoms with Crippen molar-refractivity contribution in [3.8, 4) is 0 Å². The number of carbonyl (C=O) groups is 2. The highest BCUT2D eigenvalue weighted by Gasteiger charge is 2.38. The number of nitrogens with zero attached hydrogens (tertiary/aromatic N) is 1. The fourth-order valence-electron chi connectivity index (χ4n) is 2.30.